The van der Waals surface area contributed by atoms with Crippen molar-refractivity contribution in [2.45, 2.75) is 25.3 Å². The van der Waals surface area contributed by atoms with E-state index in [1.807, 2.05) is 30.3 Å². The lowest BCUT2D eigenvalue weighted by molar-refractivity contribution is -0.129. The summed E-state index contributed by atoms with van der Waals surface area (Å²) >= 11 is 0. The highest BCUT2D eigenvalue weighted by Gasteiger charge is 2.38. The molecule has 28 heavy (non-hydrogen) atoms. The Morgan fingerprint density at radius 3 is 2.57 bits per heavy atom. The van der Waals surface area contributed by atoms with Crippen molar-refractivity contribution in [3.05, 3.63) is 71.5 Å². The summed E-state index contributed by atoms with van der Waals surface area (Å²) in [6, 6.07) is 14.8. The average Bonchev–Trinajstić information content (AvgIpc) is 3.10. The molecule has 3 rings (SSSR count). The lowest BCUT2D eigenvalue weighted by Crippen LogP contribution is -2.34. The van der Waals surface area contributed by atoms with Gasteiger partial charge in [0.2, 0.25) is 5.91 Å². The number of rotatable bonds is 7. The predicted octanol–water partition coefficient (Wildman–Crippen LogP) is 4.07. The number of nitrogens with zero attached hydrogens (tertiary/aromatic N) is 2. The third-order valence-corrected chi connectivity index (χ3v) is 4.51. The maximum absolute atomic E-state index is 13.1. The fourth-order valence-corrected chi connectivity index (χ4v) is 3.14. The highest BCUT2D eigenvalue weighted by atomic mass is 19.1. The molecule has 0 aromatic heterocycles. The number of halogens is 1. The van der Waals surface area contributed by atoms with E-state index in [0.29, 0.717) is 18.6 Å². The van der Waals surface area contributed by atoms with Gasteiger partial charge in [0.05, 0.1) is 5.71 Å². The summed E-state index contributed by atoms with van der Waals surface area (Å²) in [5.74, 6) is -0.637. The largest absolute Gasteiger partial charge is 0.446 e. The summed E-state index contributed by atoms with van der Waals surface area (Å²) in [6.07, 6.45) is 0.444. The van der Waals surface area contributed by atoms with E-state index in [4.69, 9.17) is 9.57 Å². The van der Waals surface area contributed by atoms with Crippen molar-refractivity contribution >= 4 is 17.7 Å². The van der Waals surface area contributed by atoms with E-state index in [1.165, 1.54) is 24.1 Å². The van der Waals surface area contributed by atoms with E-state index in [0.717, 1.165) is 11.1 Å². The number of hydrogen-bond donors (Lipinski definition) is 0. The third-order valence-electron chi connectivity index (χ3n) is 4.51. The van der Waals surface area contributed by atoms with E-state index in [-0.39, 0.29) is 24.8 Å². The van der Waals surface area contributed by atoms with Crippen LogP contribution in [-0.2, 0) is 14.4 Å². The van der Waals surface area contributed by atoms with Gasteiger partial charge in [0.25, 0.3) is 0 Å². The first-order chi connectivity index (χ1) is 13.6. The molecule has 2 amide bonds. The number of amides is 2. The molecule has 0 radical (unpaired) electrons. The Hall–Kier alpha value is -3.22. The molecule has 0 saturated carbocycles. The highest BCUT2D eigenvalue weighted by Crippen LogP contribution is 2.28. The zero-order valence-electron chi connectivity index (χ0n) is 15.5. The molecule has 1 unspecified atom stereocenters. The molecule has 7 heteroatoms. The van der Waals surface area contributed by atoms with Crippen LogP contribution in [0.25, 0.3) is 0 Å². The maximum Gasteiger partial charge on any atom is 0.417 e. The fraction of sp³-hybridized carbons (Fsp3) is 0.286. The first kappa shape index (κ1) is 19.5. The van der Waals surface area contributed by atoms with E-state index >= 15 is 0 Å². The minimum Gasteiger partial charge on any atom is -0.446 e. The van der Waals surface area contributed by atoms with Crippen molar-refractivity contribution in [2.24, 2.45) is 5.16 Å². The van der Waals surface area contributed by atoms with Crippen LogP contribution in [0.2, 0.25) is 0 Å². The van der Waals surface area contributed by atoms with Crippen LogP contribution in [0.3, 0.4) is 0 Å². The van der Waals surface area contributed by atoms with Gasteiger partial charge in [-0.25, -0.2) is 14.1 Å². The Bertz CT molecular complexity index is 852. The van der Waals surface area contributed by atoms with E-state index in [9.17, 15) is 14.0 Å². The van der Waals surface area contributed by atoms with Crippen molar-refractivity contribution < 1.29 is 23.6 Å². The second-order valence-electron chi connectivity index (χ2n) is 6.35. The predicted molar refractivity (Wildman–Crippen MR) is 101 cm³/mol. The molecule has 2 aromatic carbocycles. The van der Waals surface area contributed by atoms with Gasteiger partial charge in [-0.1, -0.05) is 47.6 Å². The zero-order valence-corrected chi connectivity index (χ0v) is 15.5. The SMILES string of the molecule is CON=C(CCCC(=O)N1C(=O)OCC1c1ccccc1)c1ccc(F)cc1. The molecule has 1 aliphatic rings. The van der Waals surface area contributed by atoms with Crippen molar-refractivity contribution in [1.29, 1.82) is 0 Å². The number of carbonyl (C=O) groups excluding carboxylic acids is 2. The topological polar surface area (TPSA) is 68.2 Å². The fourth-order valence-electron chi connectivity index (χ4n) is 3.14. The number of hydrogen-bond acceptors (Lipinski definition) is 5. The van der Waals surface area contributed by atoms with Gasteiger partial charge in [-0.15, -0.1) is 0 Å². The number of imide groups is 1. The van der Waals surface area contributed by atoms with E-state index < -0.39 is 12.1 Å². The summed E-state index contributed by atoms with van der Waals surface area (Å²) in [5, 5.41) is 3.97. The van der Waals surface area contributed by atoms with Gasteiger partial charge in [-0.3, -0.25) is 4.79 Å². The third kappa shape index (κ3) is 4.54. The van der Waals surface area contributed by atoms with Crippen molar-refractivity contribution in [2.75, 3.05) is 13.7 Å². The Labute approximate surface area is 162 Å². The van der Waals surface area contributed by atoms with Gasteiger partial charge >= 0.3 is 6.09 Å². The molecular weight excluding hydrogens is 363 g/mol. The van der Waals surface area contributed by atoms with Crippen LogP contribution >= 0.6 is 0 Å². The van der Waals surface area contributed by atoms with Crippen LogP contribution in [0, 0.1) is 5.82 Å². The molecular formula is C21H21FN2O4. The lowest BCUT2D eigenvalue weighted by Gasteiger charge is -2.20. The van der Waals surface area contributed by atoms with Crippen LogP contribution in [0.4, 0.5) is 9.18 Å². The first-order valence-electron chi connectivity index (χ1n) is 9.00. The molecule has 6 nitrogen and oxygen atoms in total. The van der Waals surface area contributed by atoms with Crippen LogP contribution < -0.4 is 0 Å². The van der Waals surface area contributed by atoms with Gasteiger partial charge < -0.3 is 9.57 Å². The molecule has 1 aliphatic heterocycles. The maximum atomic E-state index is 13.1. The Balaban J connectivity index is 1.63. The summed E-state index contributed by atoms with van der Waals surface area (Å²) < 4.78 is 18.2. The summed E-state index contributed by atoms with van der Waals surface area (Å²) in [4.78, 5) is 30.8. The van der Waals surface area contributed by atoms with Gasteiger partial charge in [0.1, 0.15) is 25.6 Å². The Morgan fingerprint density at radius 1 is 1.18 bits per heavy atom. The van der Waals surface area contributed by atoms with Crippen molar-refractivity contribution in [1.82, 2.24) is 4.90 Å². The number of carbonyl (C=O) groups is 2. The molecule has 0 bridgehead atoms. The van der Waals surface area contributed by atoms with Crippen LogP contribution in [0.15, 0.2) is 59.8 Å². The summed E-state index contributed by atoms with van der Waals surface area (Å²) in [6.45, 7) is 0.153. The molecule has 146 valence electrons. The van der Waals surface area contributed by atoms with Crippen molar-refractivity contribution in [3.63, 3.8) is 0 Å². The molecule has 0 aliphatic carbocycles. The quantitative estimate of drug-likeness (QED) is 0.533. The van der Waals surface area contributed by atoms with Gasteiger partial charge in [0, 0.05) is 6.42 Å². The molecule has 1 fully saturated rings. The Kier molecular flexibility index (Phi) is 6.37. The molecule has 0 spiro atoms. The lowest BCUT2D eigenvalue weighted by atomic mass is 10.0. The normalized spacial score (nSPS) is 16.8. The Morgan fingerprint density at radius 2 is 1.89 bits per heavy atom. The molecule has 1 saturated heterocycles. The molecule has 2 aromatic rings. The molecule has 1 heterocycles. The first-order valence-corrected chi connectivity index (χ1v) is 9.00. The summed E-state index contributed by atoms with van der Waals surface area (Å²) in [5.41, 5.74) is 2.19. The van der Waals surface area contributed by atoms with Crippen LogP contribution in [0.5, 0.6) is 0 Å². The number of oxime groups is 1. The summed E-state index contributed by atoms with van der Waals surface area (Å²) in [7, 11) is 1.43. The van der Waals surface area contributed by atoms with Gasteiger partial charge in [-0.2, -0.15) is 0 Å². The average molecular weight is 384 g/mol. The zero-order chi connectivity index (χ0) is 19.9. The number of ether oxygens (including phenoxy) is 1. The van der Waals surface area contributed by atoms with Gasteiger partial charge in [0.15, 0.2) is 0 Å². The minimum absolute atomic E-state index is 0.153. The highest BCUT2D eigenvalue weighted by molar-refractivity contribution is 6.00. The standard InChI is InChI=1S/C21H21FN2O4/c1-27-23-18(15-10-12-17(22)13-11-15)8-5-9-20(25)24-19(14-28-21(24)26)16-6-3-2-4-7-16/h2-4,6-7,10-13,19H,5,8-9,14H2,1H3. The number of benzene rings is 2. The smallest absolute Gasteiger partial charge is 0.417 e. The van der Waals surface area contributed by atoms with Crippen LogP contribution in [-0.4, -0.2) is 36.3 Å². The molecule has 0 N–H and O–H groups in total. The van der Waals surface area contributed by atoms with E-state index in [2.05, 4.69) is 5.16 Å². The van der Waals surface area contributed by atoms with Crippen LogP contribution in [0.1, 0.15) is 36.4 Å². The second-order valence-corrected chi connectivity index (χ2v) is 6.35. The van der Waals surface area contributed by atoms with Gasteiger partial charge in [-0.05, 0) is 36.1 Å². The number of cyclic esters (lactones) is 1. The van der Waals surface area contributed by atoms with Crippen molar-refractivity contribution in [3.8, 4) is 0 Å². The monoisotopic (exact) mass is 384 g/mol. The molecule has 1 atom stereocenters. The minimum atomic E-state index is -0.622. The second kappa shape index (κ2) is 9.12. The van der Waals surface area contributed by atoms with E-state index in [1.54, 1.807) is 12.1 Å².